The Kier molecular flexibility index (Phi) is 6.15. The molecule has 0 saturated heterocycles. The molecule has 24 heavy (non-hydrogen) atoms. The SMILES string of the molecule is CCc1ccc(S(=O)(=O)NCC(=O)Nc2c(C)cccc2CC)s1. The van der Waals surface area contributed by atoms with E-state index in [1.807, 2.05) is 39.0 Å². The molecule has 1 aromatic carbocycles. The molecular formula is C17H22N2O3S2. The molecule has 2 N–H and O–H groups in total. The van der Waals surface area contributed by atoms with E-state index in [1.165, 1.54) is 11.3 Å². The summed E-state index contributed by atoms with van der Waals surface area (Å²) in [7, 11) is -3.66. The van der Waals surface area contributed by atoms with E-state index in [0.29, 0.717) is 0 Å². The predicted octanol–water partition coefficient (Wildman–Crippen LogP) is 3.10. The number of aryl methyl sites for hydroxylation is 3. The maximum atomic E-state index is 12.2. The van der Waals surface area contributed by atoms with Crippen molar-refractivity contribution in [2.24, 2.45) is 0 Å². The van der Waals surface area contributed by atoms with Crippen LogP contribution in [0.1, 0.15) is 29.9 Å². The second-order valence-electron chi connectivity index (χ2n) is 5.41. The number of benzene rings is 1. The summed E-state index contributed by atoms with van der Waals surface area (Å²) in [5.41, 5.74) is 2.74. The number of rotatable bonds is 7. The standard InChI is InChI=1S/C17H22N2O3S2/c1-4-13-8-6-7-12(3)17(13)19-15(20)11-18-24(21,22)16-10-9-14(5-2)23-16/h6-10,18H,4-5,11H2,1-3H3,(H,19,20). The molecule has 0 aliphatic heterocycles. The van der Waals surface area contributed by atoms with Crippen LogP contribution in [0.25, 0.3) is 0 Å². The number of carbonyl (C=O) groups excluding carboxylic acids is 1. The highest BCUT2D eigenvalue weighted by Crippen LogP contribution is 2.22. The number of hydrogen-bond donors (Lipinski definition) is 2. The van der Waals surface area contributed by atoms with Crippen molar-refractivity contribution in [3.05, 3.63) is 46.3 Å². The van der Waals surface area contributed by atoms with Gasteiger partial charge in [0.1, 0.15) is 4.21 Å². The average Bonchev–Trinajstić information content (AvgIpc) is 3.05. The summed E-state index contributed by atoms with van der Waals surface area (Å²) in [6, 6.07) is 9.16. The molecule has 5 nitrogen and oxygen atoms in total. The molecule has 0 radical (unpaired) electrons. The maximum absolute atomic E-state index is 12.2. The molecule has 0 aliphatic carbocycles. The minimum absolute atomic E-state index is 0.234. The molecule has 0 atom stereocenters. The Morgan fingerprint density at radius 1 is 1.12 bits per heavy atom. The van der Waals surface area contributed by atoms with Crippen LogP contribution in [0.2, 0.25) is 0 Å². The van der Waals surface area contributed by atoms with Crippen molar-refractivity contribution >= 4 is 33.0 Å². The third kappa shape index (κ3) is 4.43. The minimum Gasteiger partial charge on any atom is -0.324 e. The second kappa shape index (κ2) is 7.92. The summed E-state index contributed by atoms with van der Waals surface area (Å²) in [5.74, 6) is -0.380. The number of nitrogens with one attached hydrogen (secondary N) is 2. The number of amides is 1. The van der Waals surface area contributed by atoms with Gasteiger partial charge in [-0.3, -0.25) is 4.79 Å². The molecule has 0 aliphatic rings. The van der Waals surface area contributed by atoms with Crippen molar-refractivity contribution in [3.63, 3.8) is 0 Å². The Hall–Kier alpha value is -1.70. The number of hydrogen-bond acceptors (Lipinski definition) is 4. The van der Waals surface area contributed by atoms with Gasteiger partial charge in [-0.05, 0) is 43.0 Å². The topological polar surface area (TPSA) is 75.3 Å². The van der Waals surface area contributed by atoms with E-state index in [2.05, 4.69) is 10.0 Å². The van der Waals surface area contributed by atoms with Crippen LogP contribution in [0.5, 0.6) is 0 Å². The highest BCUT2D eigenvalue weighted by atomic mass is 32.2. The Morgan fingerprint density at radius 3 is 2.50 bits per heavy atom. The van der Waals surface area contributed by atoms with E-state index in [4.69, 9.17) is 0 Å². The van der Waals surface area contributed by atoms with Gasteiger partial charge in [0.25, 0.3) is 10.0 Å². The summed E-state index contributed by atoms with van der Waals surface area (Å²) in [6.07, 6.45) is 1.58. The van der Waals surface area contributed by atoms with Gasteiger partial charge in [0.05, 0.1) is 6.54 Å². The molecule has 0 fully saturated rings. The average molecular weight is 367 g/mol. The first kappa shape index (κ1) is 18.6. The lowest BCUT2D eigenvalue weighted by Gasteiger charge is -2.13. The third-order valence-electron chi connectivity index (χ3n) is 3.68. The highest BCUT2D eigenvalue weighted by molar-refractivity contribution is 7.91. The fraction of sp³-hybridized carbons (Fsp3) is 0.353. The largest absolute Gasteiger partial charge is 0.324 e. The van der Waals surface area contributed by atoms with Crippen LogP contribution in [0, 0.1) is 6.92 Å². The predicted molar refractivity (Wildman–Crippen MR) is 98.1 cm³/mol. The third-order valence-corrected chi connectivity index (χ3v) is 6.80. The van der Waals surface area contributed by atoms with Crippen molar-refractivity contribution in [1.29, 1.82) is 0 Å². The monoisotopic (exact) mass is 366 g/mol. The van der Waals surface area contributed by atoms with Gasteiger partial charge >= 0.3 is 0 Å². The Labute approximate surface area is 147 Å². The number of anilines is 1. The van der Waals surface area contributed by atoms with Crippen LogP contribution in [0.15, 0.2) is 34.5 Å². The molecule has 2 rings (SSSR count). The summed E-state index contributed by atoms with van der Waals surface area (Å²) in [6.45, 7) is 5.60. The van der Waals surface area contributed by atoms with Crippen LogP contribution in [0.4, 0.5) is 5.69 Å². The lowest BCUT2D eigenvalue weighted by Crippen LogP contribution is -2.32. The van der Waals surface area contributed by atoms with E-state index in [-0.39, 0.29) is 16.7 Å². The molecule has 1 aromatic heterocycles. The zero-order valence-electron chi connectivity index (χ0n) is 14.0. The van der Waals surface area contributed by atoms with E-state index in [1.54, 1.807) is 12.1 Å². The van der Waals surface area contributed by atoms with Crippen molar-refractivity contribution in [1.82, 2.24) is 4.72 Å². The second-order valence-corrected chi connectivity index (χ2v) is 8.57. The smallest absolute Gasteiger partial charge is 0.250 e. The first-order valence-electron chi connectivity index (χ1n) is 7.84. The van der Waals surface area contributed by atoms with Crippen LogP contribution in [-0.2, 0) is 27.7 Å². The van der Waals surface area contributed by atoms with Gasteiger partial charge < -0.3 is 5.32 Å². The summed E-state index contributed by atoms with van der Waals surface area (Å²) in [4.78, 5) is 13.1. The van der Waals surface area contributed by atoms with Gasteiger partial charge in [0.2, 0.25) is 5.91 Å². The lowest BCUT2D eigenvalue weighted by atomic mass is 10.1. The zero-order valence-corrected chi connectivity index (χ0v) is 15.7. The highest BCUT2D eigenvalue weighted by Gasteiger charge is 2.18. The van der Waals surface area contributed by atoms with E-state index in [9.17, 15) is 13.2 Å². The number of carbonyl (C=O) groups is 1. The van der Waals surface area contributed by atoms with Gasteiger partial charge in [0, 0.05) is 10.6 Å². The molecule has 0 saturated carbocycles. The maximum Gasteiger partial charge on any atom is 0.250 e. The fourth-order valence-electron chi connectivity index (χ4n) is 2.31. The van der Waals surface area contributed by atoms with E-state index < -0.39 is 10.0 Å². The quantitative estimate of drug-likeness (QED) is 0.791. The Balaban J connectivity index is 2.03. The number of thiophene rings is 1. The van der Waals surface area contributed by atoms with Gasteiger partial charge in [-0.15, -0.1) is 11.3 Å². The molecular weight excluding hydrogens is 344 g/mol. The molecule has 130 valence electrons. The summed E-state index contributed by atoms with van der Waals surface area (Å²) >= 11 is 1.22. The molecule has 0 spiro atoms. The van der Waals surface area contributed by atoms with Gasteiger partial charge in [-0.25, -0.2) is 13.1 Å². The first-order valence-corrected chi connectivity index (χ1v) is 10.1. The van der Waals surface area contributed by atoms with Crippen molar-refractivity contribution in [2.45, 2.75) is 37.8 Å². The molecule has 0 unspecified atom stereocenters. The van der Waals surface area contributed by atoms with E-state index >= 15 is 0 Å². The number of sulfonamides is 1. The van der Waals surface area contributed by atoms with E-state index in [0.717, 1.165) is 34.5 Å². The minimum atomic E-state index is -3.66. The lowest BCUT2D eigenvalue weighted by molar-refractivity contribution is -0.115. The summed E-state index contributed by atoms with van der Waals surface area (Å²) in [5, 5.41) is 2.81. The van der Waals surface area contributed by atoms with Gasteiger partial charge in [-0.2, -0.15) is 0 Å². The molecule has 7 heteroatoms. The van der Waals surface area contributed by atoms with Crippen molar-refractivity contribution in [3.8, 4) is 0 Å². The van der Waals surface area contributed by atoms with Crippen molar-refractivity contribution < 1.29 is 13.2 Å². The molecule has 1 heterocycles. The van der Waals surface area contributed by atoms with Crippen LogP contribution in [0.3, 0.4) is 0 Å². The first-order chi connectivity index (χ1) is 11.4. The normalized spacial score (nSPS) is 11.5. The Bertz CT molecular complexity index is 826. The van der Waals surface area contributed by atoms with Gasteiger partial charge in [-0.1, -0.05) is 32.0 Å². The molecule has 1 amide bonds. The zero-order chi connectivity index (χ0) is 17.7. The summed E-state index contributed by atoms with van der Waals surface area (Å²) < 4.78 is 27.0. The van der Waals surface area contributed by atoms with Crippen LogP contribution >= 0.6 is 11.3 Å². The van der Waals surface area contributed by atoms with Gasteiger partial charge in [0.15, 0.2) is 0 Å². The van der Waals surface area contributed by atoms with Crippen molar-refractivity contribution in [2.75, 3.05) is 11.9 Å². The number of para-hydroxylation sites is 1. The van der Waals surface area contributed by atoms with Crippen LogP contribution < -0.4 is 10.0 Å². The molecule has 2 aromatic rings. The van der Waals surface area contributed by atoms with Crippen LogP contribution in [-0.4, -0.2) is 20.9 Å². The Morgan fingerprint density at radius 2 is 1.88 bits per heavy atom. The molecule has 0 bridgehead atoms. The fourth-order valence-corrected chi connectivity index (χ4v) is 4.63.